The molecular weight excluding hydrogens is 214 g/mol. The number of rotatable bonds is 3. The van der Waals surface area contributed by atoms with Gasteiger partial charge in [-0.3, -0.25) is 9.59 Å². The van der Waals surface area contributed by atoms with E-state index in [0.717, 1.165) is 17.7 Å². The van der Waals surface area contributed by atoms with Crippen molar-refractivity contribution in [3.8, 4) is 0 Å². The van der Waals surface area contributed by atoms with Gasteiger partial charge in [0, 0.05) is 6.54 Å². The molecule has 1 aliphatic heterocycles. The lowest BCUT2D eigenvalue weighted by Gasteiger charge is -2.13. The molecule has 0 unspecified atom stereocenters. The standard InChI is InChI=1S/C14H15NO2/c1-3-5-8-15-12-7-6-10(4-2)9-11(12)13(16)14(15)17/h3,5-7,9H,4,8H2,1-2H3. The van der Waals surface area contributed by atoms with Crippen LogP contribution in [-0.2, 0) is 11.2 Å². The Morgan fingerprint density at radius 3 is 2.71 bits per heavy atom. The maximum Gasteiger partial charge on any atom is 0.299 e. The van der Waals surface area contributed by atoms with E-state index in [1.165, 1.54) is 4.90 Å². The van der Waals surface area contributed by atoms with Gasteiger partial charge in [0.2, 0.25) is 0 Å². The van der Waals surface area contributed by atoms with Gasteiger partial charge in [0.15, 0.2) is 0 Å². The summed E-state index contributed by atoms with van der Waals surface area (Å²) < 4.78 is 0. The molecule has 0 atom stereocenters. The fourth-order valence-corrected chi connectivity index (χ4v) is 1.96. The first kappa shape index (κ1) is 11.6. The predicted molar refractivity (Wildman–Crippen MR) is 67.3 cm³/mol. The molecule has 2 rings (SSSR count). The lowest BCUT2D eigenvalue weighted by atomic mass is 10.1. The second kappa shape index (κ2) is 4.53. The van der Waals surface area contributed by atoms with Crippen LogP contribution in [0.2, 0.25) is 0 Å². The number of hydrogen-bond donors (Lipinski definition) is 0. The minimum atomic E-state index is -0.425. The molecule has 0 bridgehead atoms. The van der Waals surface area contributed by atoms with Gasteiger partial charge in [0.05, 0.1) is 11.3 Å². The smallest absolute Gasteiger partial charge is 0.299 e. The molecular formula is C14H15NO2. The summed E-state index contributed by atoms with van der Waals surface area (Å²) in [5, 5.41) is 0. The second-order valence-corrected chi connectivity index (χ2v) is 4.02. The van der Waals surface area contributed by atoms with E-state index in [9.17, 15) is 9.59 Å². The Balaban J connectivity index is 2.43. The van der Waals surface area contributed by atoms with Gasteiger partial charge in [-0.05, 0) is 31.0 Å². The molecule has 0 radical (unpaired) electrons. The fraction of sp³-hybridized carbons (Fsp3) is 0.286. The Hall–Kier alpha value is -1.90. The van der Waals surface area contributed by atoms with E-state index in [1.807, 2.05) is 44.2 Å². The molecule has 1 aliphatic rings. The summed E-state index contributed by atoms with van der Waals surface area (Å²) in [6, 6.07) is 5.65. The maximum absolute atomic E-state index is 11.8. The molecule has 1 heterocycles. The van der Waals surface area contributed by atoms with Gasteiger partial charge >= 0.3 is 0 Å². The van der Waals surface area contributed by atoms with Crippen molar-refractivity contribution in [1.29, 1.82) is 0 Å². The number of allylic oxidation sites excluding steroid dienone is 1. The summed E-state index contributed by atoms with van der Waals surface area (Å²) in [5.41, 5.74) is 2.35. The highest BCUT2D eigenvalue weighted by Gasteiger charge is 2.34. The number of carbonyl (C=O) groups is 2. The first-order valence-electron chi connectivity index (χ1n) is 5.79. The van der Waals surface area contributed by atoms with Gasteiger partial charge in [-0.15, -0.1) is 0 Å². The van der Waals surface area contributed by atoms with E-state index in [-0.39, 0.29) is 5.78 Å². The van der Waals surface area contributed by atoms with Gasteiger partial charge in [-0.2, -0.15) is 0 Å². The van der Waals surface area contributed by atoms with Crippen molar-refractivity contribution in [1.82, 2.24) is 0 Å². The zero-order valence-corrected chi connectivity index (χ0v) is 10.1. The summed E-state index contributed by atoms with van der Waals surface area (Å²) in [7, 11) is 0. The fourth-order valence-electron chi connectivity index (χ4n) is 1.96. The Morgan fingerprint density at radius 2 is 2.06 bits per heavy atom. The van der Waals surface area contributed by atoms with Crippen molar-refractivity contribution in [2.24, 2.45) is 0 Å². The Labute approximate surface area is 101 Å². The van der Waals surface area contributed by atoms with E-state index in [0.29, 0.717) is 12.1 Å². The SMILES string of the molecule is CC=CCN1C(=O)C(=O)c2cc(CC)ccc21. The van der Waals surface area contributed by atoms with Crippen LogP contribution >= 0.6 is 0 Å². The molecule has 17 heavy (non-hydrogen) atoms. The summed E-state index contributed by atoms with van der Waals surface area (Å²) in [5.74, 6) is -0.814. The van der Waals surface area contributed by atoms with Crippen LogP contribution in [0.3, 0.4) is 0 Å². The van der Waals surface area contributed by atoms with Crippen molar-refractivity contribution < 1.29 is 9.59 Å². The van der Waals surface area contributed by atoms with E-state index >= 15 is 0 Å². The third-order valence-electron chi connectivity index (χ3n) is 2.97. The number of aryl methyl sites for hydroxylation is 1. The van der Waals surface area contributed by atoms with Crippen LogP contribution in [0.1, 0.15) is 29.8 Å². The highest BCUT2D eigenvalue weighted by molar-refractivity contribution is 6.52. The normalized spacial score (nSPS) is 14.8. The number of benzene rings is 1. The van der Waals surface area contributed by atoms with Crippen molar-refractivity contribution in [2.75, 3.05) is 11.4 Å². The van der Waals surface area contributed by atoms with Gasteiger partial charge < -0.3 is 4.90 Å². The highest BCUT2D eigenvalue weighted by Crippen LogP contribution is 2.29. The summed E-state index contributed by atoms with van der Waals surface area (Å²) in [6.45, 7) is 4.38. The van der Waals surface area contributed by atoms with Crippen LogP contribution in [0.5, 0.6) is 0 Å². The second-order valence-electron chi connectivity index (χ2n) is 4.02. The molecule has 3 heteroatoms. The van der Waals surface area contributed by atoms with Crippen LogP contribution < -0.4 is 4.90 Å². The molecule has 1 amide bonds. The van der Waals surface area contributed by atoms with Crippen molar-refractivity contribution in [3.63, 3.8) is 0 Å². The molecule has 0 aromatic heterocycles. The first-order valence-corrected chi connectivity index (χ1v) is 5.79. The third-order valence-corrected chi connectivity index (χ3v) is 2.97. The number of Topliss-reactive ketones (excluding diaryl/α,β-unsaturated/α-hetero) is 1. The summed E-state index contributed by atoms with van der Waals surface area (Å²) in [6.07, 6.45) is 4.60. The van der Waals surface area contributed by atoms with Gasteiger partial charge in [-0.25, -0.2) is 0 Å². The van der Waals surface area contributed by atoms with Gasteiger partial charge in [-0.1, -0.05) is 25.1 Å². The van der Waals surface area contributed by atoms with Crippen molar-refractivity contribution in [3.05, 3.63) is 41.5 Å². The van der Waals surface area contributed by atoms with Gasteiger partial charge in [0.1, 0.15) is 0 Å². The lowest BCUT2D eigenvalue weighted by molar-refractivity contribution is -0.114. The van der Waals surface area contributed by atoms with Crippen molar-refractivity contribution in [2.45, 2.75) is 20.3 Å². The molecule has 0 aliphatic carbocycles. The monoisotopic (exact) mass is 229 g/mol. The number of anilines is 1. The number of amides is 1. The van der Waals surface area contributed by atoms with Crippen LogP contribution in [0, 0.1) is 0 Å². The predicted octanol–water partition coefficient (Wildman–Crippen LogP) is 2.35. The topological polar surface area (TPSA) is 37.4 Å². The largest absolute Gasteiger partial charge is 0.301 e. The summed E-state index contributed by atoms with van der Waals surface area (Å²) in [4.78, 5) is 25.2. The van der Waals surface area contributed by atoms with Crippen LogP contribution in [0.25, 0.3) is 0 Å². The number of nitrogens with zero attached hydrogens (tertiary/aromatic N) is 1. The van der Waals surface area contributed by atoms with E-state index in [1.54, 1.807) is 0 Å². The number of ketones is 1. The maximum atomic E-state index is 11.8. The minimum absolute atomic E-state index is 0.389. The summed E-state index contributed by atoms with van der Waals surface area (Å²) >= 11 is 0. The highest BCUT2D eigenvalue weighted by atomic mass is 16.2. The first-order chi connectivity index (χ1) is 8.19. The van der Waals surface area contributed by atoms with Crippen molar-refractivity contribution >= 4 is 17.4 Å². The molecule has 1 aromatic rings. The number of hydrogen-bond acceptors (Lipinski definition) is 2. The quantitative estimate of drug-likeness (QED) is 0.589. The average molecular weight is 229 g/mol. The Kier molecular flexibility index (Phi) is 3.09. The molecule has 0 spiro atoms. The molecule has 0 fully saturated rings. The molecule has 0 N–H and O–H groups in total. The van der Waals surface area contributed by atoms with E-state index in [4.69, 9.17) is 0 Å². The number of carbonyl (C=O) groups excluding carboxylic acids is 2. The van der Waals surface area contributed by atoms with Gasteiger partial charge in [0.25, 0.3) is 11.7 Å². The van der Waals surface area contributed by atoms with Crippen LogP contribution in [-0.4, -0.2) is 18.2 Å². The zero-order chi connectivity index (χ0) is 12.4. The number of fused-ring (bicyclic) bond motifs is 1. The Bertz CT molecular complexity index is 503. The van der Waals surface area contributed by atoms with E-state index in [2.05, 4.69) is 0 Å². The van der Waals surface area contributed by atoms with E-state index < -0.39 is 5.91 Å². The minimum Gasteiger partial charge on any atom is -0.301 e. The molecule has 3 nitrogen and oxygen atoms in total. The Morgan fingerprint density at radius 1 is 1.29 bits per heavy atom. The third kappa shape index (κ3) is 1.88. The molecule has 0 saturated carbocycles. The average Bonchev–Trinajstić information content (AvgIpc) is 2.60. The van der Waals surface area contributed by atoms with Crippen LogP contribution in [0.15, 0.2) is 30.4 Å². The zero-order valence-electron chi connectivity index (χ0n) is 10.1. The lowest BCUT2D eigenvalue weighted by Crippen LogP contribution is -2.29. The molecule has 88 valence electrons. The molecule has 1 aromatic carbocycles. The van der Waals surface area contributed by atoms with Crippen LogP contribution in [0.4, 0.5) is 5.69 Å². The molecule has 0 saturated heterocycles.